The molecule has 0 unspecified atom stereocenters. The van der Waals surface area contributed by atoms with Crippen LogP contribution in [0.3, 0.4) is 0 Å². The summed E-state index contributed by atoms with van der Waals surface area (Å²) < 4.78 is 43.7. The van der Waals surface area contributed by atoms with Gasteiger partial charge in [-0.2, -0.15) is 4.98 Å². The molecule has 0 amide bonds. The summed E-state index contributed by atoms with van der Waals surface area (Å²) in [4.78, 5) is 6.48. The normalized spacial score (nSPS) is 15.1. The van der Waals surface area contributed by atoms with Crippen molar-refractivity contribution in [2.24, 2.45) is 0 Å². The van der Waals surface area contributed by atoms with Gasteiger partial charge in [-0.05, 0) is 47.4 Å². The van der Waals surface area contributed by atoms with Crippen LogP contribution in [0.25, 0.3) is 11.5 Å². The predicted octanol–water partition coefficient (Wildman–Crippen LogP) is 4.32. The molecule has 0 spiro atoms. The first-order valence-electron chi connectivity index (χ1n) is 10.5. The molecule has 0 aliphatic carbocycles. The molecular formula is C24H28N2O5S. The lowest BCUT2D eigenvalue weighted by Gasteiger charge is -2.26. The van der Waals surface area contributed by atoms with Gasteiger partial charge in [0, 0.05) is 18.7 Å². The Morgan fingerprint density at radius 2 is 1.59 bits per heavy atom. The Kier molecular flexibility index (Phi) is 6.01. The van der Waals surface area contributed by atoms with Crippen molar-refractivity contribution >= 4 is 15.7 Å². The topological polar surface area (TPSA) is 81.9 Å². The number of rotatable bonds is 5. The van der Waals surface area contributed by atoms with E-state index >= 15 is 0 Å². The molecule has 7 nitrogen and oxygen atoms in total. The molecular weight excluding hydrogens is 428 g/mol. The summed E-state index contributed by atoms with van der Waals surface area (Å²) in [6.45, 7) is 8.48. The van der Waals surface area contributed by atoms with E-state index in [-0.39, 0.29) is 27.1 Å². The van der Waals surface area contributed by atoms with E-state index in [1.807, 2.05) is 29.2 Å². The number of hydrogen-bond acceptors (Lipinski definition) is 7. The summed E-state index contributed by atoms with van der Waals surface area (Å²) in [5.41, 5.74) is 1.91. The maximum absolute atomic E-state index is 13.5. The predicted molar refractivity (Wildman–Crippen MR) is 122 cm³/mol. The van der Waals surface area contributed by atoms with E-state index in [0.29, 0.717) is 32.1 Å². The van der Waals surface area contributed by atoms with Crippen LogP contribution in [-0.4, -0.2) is 46.8 Å². The Balaban J connectivity index is 1.79. The van der Waals surface area contributed by atoms with Gasteiger partial charge in [-0.1, -0.05) is 32.9 Å². The zero-order chi connectivity index (χ0) is 22.9. The van der Waals surface area contributed by atoms with Gasteiger partial charge in [-0.15, -0.1) is 0 Å². The van der Waals surface area contributed by atoms with Crippen molar-refractivity contribution in [3.63, 3.8) is 0 Å². The first kappa shape index (κ1) is 22.4. The lowest BCUT2D eigenvalue weighted by atomic mass is 9.87. The molecule has 4 rings (SSSR count). The maximum Gasteiger partial charge on any atom is 0.236 e. The molecule has 32 heavy (non-hydrogen) atoms. The van der Waals surface area contributed by atoms with E-state index in [1.165, 1.54) is 24.8 Å². The summed E-state index contributed by atoms with van der Waals surface area (Å²) in [6.07, 6.45) is 0. The van der Waals surface area contributed by atoms with E-state index in [9.17, 15) is 8.42 Å². The van der Waals surface area contributed by atoms with Crippen LogP contribution in [0.5, 0.6) is 5.75 Å². The largest absolute Gasteiger partial charge is 0.497 e. The van der Waals surface area contributed by atoms with Gasteiger partial charge >= 0.3 is 0 Å². The quantitative estimate of drug-likeness (QED) is 0.566. The molecule has 170 valence electrons. The van der Waals surface area contributed by atoms with Gasteiger partial charge in [0.1, 0.15) is 5.75 Å². The Hall–Kier alpha value is -2.84. The Labute approximate surface area is 188 Å². The van der Waals surface area contributed by atoms with Gasteiger partial charge in [-0.25, -0.2) is 8.42 Å². The molecule has 1 aliphatic rings. The molecule has 0 bridgehead atoms. The average Bonchev–Trinajstić information content (AvgIpc) is 3.26. The number of nitrogens with zero attached hydrogens (tertiary/aromatic N) is 2. The van der Waals surface area contributed by atoms with Gasteiger partial charge in [0.2, 0.25) is 26.6 Å². The van der Waals surface area contributed by atoms with E-state index in [1.54, 1.807) is 12.1 Å². The molecule has 0 radical (unpaired) electrons. The standard InChI is InChI=1S/C24H28N2O5S/c1-24(2,3)18-7-5-17(6-8-18)21-25-22(23(31-21)26-13-15-30-16-14-26)32(27,28)20-11-9-19(29-4)10-12-20/h5-12H,13-16H2,1-4H3. The average molecular weight is 457 g/mol. The van der Waals surface area contributed by atoms with Gasteiger partial charge in [-0.3, -0.25) is 0 Å². The van der Waals surface area contributed by atoms with Gasteiger partial charge in [0.15, 0.2) is 0 Å². The first-order chi connectivity index (χ1) is 15.2. The van der Waals surface area contributed by atoms with Crippen LogP contribution in [-0.2, 0) is 20.0 Å². The summed E-state index contributed by atoms with van der Waals surface area (Å²) in [6, 6.07) is 14.1. The molecule has 8 heteroatoms. The molecule has 1 saturated heterocycles. The number of hydrogen-bond donors (Lipinski definition) is 0. The number of methoxy groups -OCH3 is 1. The van der Waals surface area contributed by atoms with Gasteiger partial charge in [0.25, 0.3) is 0 Å². The summed E-state index contributed by atoms with van der Waals surface area (Å²) >= 11 is 0. The number of aromatic nitrogens is 1. The second kappa shape index (κ2) is 8.60. The van der Waals surface area contributed by atoms with Crippen LogP contribution in [0.1, 0.15) is 26.3 Å². The van der Waals surface area contributed by atoms with Crippen LogP contribution in [0.4, 0.5) is 5.88 Å². The number of morpholine rings is 1. The Morgan fingerprint density at radius 3 is 2.16 bits per heavy atom. The summed E-state index contributed by atoms with van der Waals surface area (Å²) in [5.74, 6) is 1.11. The number of ether oxygens (including phenoxy) is 2. The zero-order valence-electron chi connectivity index (χ0n) is 18.8. The van der Waals surface area contributed by atoms with E-state index in [4.69, 9.17) is 13.9 Å². The molecule has 3 aromatic rings. The second-order valence-electron chi connectivity index (χ2n) is 8.74. The van der Waals surface area contributed by atoms with Crippen molar-refractivity contribution in [2.75, 3.05) is 38.3 Å². The van der Waals surface area contributed by atoms with Crippen molar-refractivity contribution in [1.29, 1.82) is 0 Å². The first-order valence-corrected chi connectivity index (χ1v) is 12.0. The monoisotopic (exact) mass is 456 g/mol. The molecule has 0 atom stereocenters. The summed E-state index contributed by atoms with van der Waals surface area (Å²) in [5, 5.41) is -0.0838. The number of anilines is 1. The fourth-order valence-electron chi connectivity index (χ4n) is 3.54. The van der Waals surface area contributed by atoms with Crippen LogP contribution in [0.15, 0.2) is 62.9 Å². The molecule has 1 aliphatic heterocycles. The minimum absolute atomic E-state index is 0.0109. The molecule has 1 fully saturated rings. The minimum atomic E-state index is -3.91. The fourth-order valence-corrected chi connectivity index (χ4v) is 4.86. The van der Waals surface area contributed by atoms with E-state index in [2.05, 4.69) is 25.8 Å². The van der Waals surface area contributed by atoms with E-state index < -0.39 is 9.84 Å². The Morgan fingerprint density at radius 1 is 0.969 bits per heavy atom. The highest BCUT2D eigenvalue weighted by molar-refractivity contribution is 7.91. The van der Waals surface area contributed by atoms with Crippen molar-refractivity contribution in [3.05, 3.63) is 54.1 Å². The number of oxazole rings is 1. The molecule has 2 aromatic carbocycles. The lowest BCUT2D eigenvalue weighted by Crippen LogP contribution is -2.36. The van der Waals surface area contributed by atoms with Crippen molar-refractivity contribution in [1.82, 2.24) is 4.98 Å². The molecule has 1 aromatic heterocycles. The number of sulfone groups is 1. The third-order valence-electron chi connectivity index (χ3n) is 5.50. The zero-order valence-corrected chi connectivity index (χ0v) is 19.6. The highest BCUT2D eigenvalue weighted by atomic mass is 32.2. The number of benzene rings is 2. The summed E-state index contributed by atoms with van der Waals surface area (Å²) in [7, 11) is -2.37. The lowest BCUT2D eigenvalue weighted by molar-refractivity contribution is 0.120. The van der Waals surface area contributed by atoms with Crippen molar-refractivity contribution < 1.29 is 22.3 Å². The maximum atomic E-state index is 13.5. The van der Waals surface area contributed by atoms with Crippen molar-refractivity contribution in [2.45, 2.75) is 36.1 Å². The third-order valence-corrected chi connectivity index (χ3v) is 7.17. The Bertz CT molecular complexity index is 1170. The van der Waals surface area contributed by atoms with Gasteiger partial charge in [0.05, 0.1) is 25.2 Å². The fraction of sp³-hybridized carbons (Fsp3) is 0.375. The smallest absolute Gasteiger partial charge is 0.236 e. The van der Waals surface area contributed by atoms with Crippen LogP contribution in [0.2, 0.25) is 0 Å². The SMILES string of the molecule is COc1ccc(S(=O)(=O)c2nc(-c3ccc(C(C)(C)C)cc3)oc2N2CCOCC2)cc1. The van der Waals surface area contributed by atoms with Crippen molar-refractivity contribution in [3.8, 4) is 17.2 Å². The highest BCUT2D eigenvalue weighted by Gasteiger charge is 2.32. The van der Waals surface area contributed by atoms with Crippen LogP contribution < -0.4 is 9.64 Å². The van der Waals surface area contributed by atoms with Crippen LogP contribution >= 0.6 is 0 Å². The second-order valence-corrected chi connectivity index (χ2v) is 10.6. The van der Waals surface area contributed by atoms with Gasteiger partial charge < -0.3 is 18.8 Å². The third kappa shape index (κ3) is 4.38. The highest BCUT2D eigenvalue weighted by Crippen LogP contribution is 2.36. The van der Waals surface area contributed by atoms with Crippen LogP contribution in [0, 0.1) is 0 Å². The minimum Gasteiger partial charge on any atom is -0.497 e. The molecule has 2 heterocycles. The van der Waals surface area contributed by atoms with E-state index in [0.717, 1.165) is 5.56 Å². The molecule has 0 N–H and O–H groups in total. The molecule has 0 saturated carbocycles.